The third-order valence-electron chi connectivity index (χ3n) is 4.15. The highest BCUT2D eigenvalue weighted by atomic mass is 32.2. The fourth-order valence-corrected chi connectivity index (χ4v) is 4.40. The van der Waals surface area contributed by atoms with E-state index in [1.54, 1.807) is 23.1 Å². The first-order valence-corrected chi connectivity index (χ1v) is 10.7. The molecule has 6 heteroatoms. The Balaban J connectivity index is 1.95. The van der Waals surface area contributed by atoms with Gasteiger partial charge >= 0.3 is 0 Å². The number of aromatic nitrogens is 1. The Morgan fingerprint density at radius 2 is 1.88 bits per heavy atom. The van der Waals surface area contributed by atoms with Gasteiger partial charge in [-0.05, 0) is 30.5 Å². The number of nitrogens with zero attached hydrogens (tertiary/aromatic N) is 2. The van der Waals surface area contributed by atoms with Crippen LogP contribution in [-0.2, 0) is 0 Å². The van der Waals surface area contributed by atoms with Crippen LogP contribution >= 0.6 is 23.1 Å². The van der Waals surface area contributed by atoms with Crippen molar-refractivity contribution in [1.82, 2.24) is 4.98 Å². The van der Waals surface area contributed by atoms with Crippen LogP contribution in [0, 0.1) is 0 Å². The summed E-state index contributed by atoms with van der Waals surface area (Å²) >= 11 is 3.18. The number of fused-ring (bicyclic) bond motifs is 1. The predicted molar refractivity (Wildman–Crippen MR) is 112 cm³/mol. The highest BCUT2D eigenvalue weighted by molar-refractivity contribution is 7.98. The van der Waals surface area contributed by atoms with Crippen LogP contribution in [0.5, 0.6) is 0 Å². The van der Waals surface area contributed by atoms with E-state index in [0.717, 1.165) is 38.8 Å². The number of para-hydroxylation sites is 1. The number of anilines is 1. The number of hydrogen-bond donors (Lipinski definition) is 1. The number of hydrogen-bond acceptors (Lipinski definition) is 4. The minimum atomic E-state index is 0.0303. The van der Waals surface area contributed by atoms with Gasteiger partial charge in [0.25, 0.3) is 5.91 Å². The third kappa shape index (κ3) is 4.26. The molecule has 0 saturated heterocycles. The molecule has 1 heterocycles. The van der Waals surface area contributed by atoms with E-state index in [1.165, 1.54) is 4.90 Å². The summed E-state index contributed by atoms with van der Waals surface area (Å²) in [4.78, 5) is 22.3. The zero-order valence-corrected chi connectivity index (χ0v) is 17.0. The van der Waals surface area contributed by atoms with Gasteiger partial charge < -0.3 is 4.90 Å². The van der Waals surface area contributed by atoms with Crippen molar-refractivity contribution in [3.05, 3.63) is 54.1 Å². The number of amides is 1. The number of thiazole rings is 1. The summed E-state index contributed by atoms with van der Waals surface area (Å²) in [5.41, 5.74) is 1.69. The lowest BCUT2D eigenvalue weighted by Gasteiger charge is -2.21. The van der Waals surface area contributed by atoms with Crippen LogP contribution in [0.1, 0.15) is 16.8 Å². The number of rotatable bonds is 7. The van der Waals surface area contributed by atoms with Gasteiger partial charge in [-0.1, -0.05) is 35.6 Å². The van der Waals surface area contributed by atoms with E-state index in [-0.39, 0.29) is 5.91 Å². The molecule has 0 spiro atoms. The summed E-state index contributed by atoms with van der Waals surface area (Å²) in [6.07, 6.45) is 2.94. The second kappa shape index (κ2) is 8.66. The Morgan fingerprint density at radius 1 is 1.15 bits per heavy atom. The van der Waals surface area contributed by atoms with Gasteiger partial charge in [0.15, 0.2) is 5.13 Å². The molecule has 0 atom stereocenters. The first kappa shape index (κ1) is 18.9. The second-order valence-electron chi connectivity index (χ2n) is 6.43. The lowest BCUT2D eigenvalue weighted by atomic mass is 10.2. The molecule has 0 aliphatic carbocycles. The highest BCUT2D eigenvalue weighted by Gasteiger charge is 2.23. The number of benzene rings is 2. The van der Waals surface area contributed by atoms with Gasteiger partial charge in [0, 0.05) is 17.9 Å². The molecule has 0 fully saturated rings. The Bertz CT molecular complexity index is 858. The maximum atomic E-state index is 13.4. The molecule has 0 unspecified atom stereocenters. The maximum Gasteiger partial charge on any atom is 0.261 e. The van der Waals surface area contributed by atoms with Crippen molar-refractivity contribution in [3.63, 3.8) is 0 Å². The third-order valence-corrected chi connectivity index (χ3v) is 6.01. The topological polar surface area (TPSA) is 37.6 Å². The molecule has 26 heavy (non-hydrogen) atoms. The first-order chi connectivity index (χ1) is 12.6. The van der Waals surface area contributed by atoms with Gasteiger partial charge in [0.1, 0.15) is 0 Å². The molecule has 4 nitrogen and oxygen atoms in total. The number of thioether (sulfide) groups is 1. The van der Waals surface area contributed by atoms with Crippen LogP contribution in [0.15, 0.2) is 53.4 Å². The van der Waals surface area contributed by atoms with E-state index in [2.05, 4.69) is 20.2 Å². The Hall–Kier alpha value is -1.89. The van der Waals surface area contributed by atoms with Crippen LogP contribution in [0.4, 0.5) is 5.13 Å². The van der Waals surface area contributed by atoms with Gasteiger partial charge in [-0.15, -0.1) is 11.8 Å². The van der Waals surface area contributed by atoms with Gasteiger partial charge in [0.2, 0.25) is 0 Å². The number of carbonyl (C=O) groups excluding carboxylic acids is 1. The Kier molecular flexibility index (Phi) is 6.29. The van der Waals surface area contributed by atoms with Crippen molar-refractivity contribution in [1.29, 1.82) is 0 Å². The van der Waals surface area contributed by atoms with Crippen molar-refractivity contribution in [2.24, 2.45) is 0 Å². The van der Waals surface area contributed by atoms with Crippen LogP contribution in [0.2, 0.25) is 0 Å². The standard InChI is InChI=1S/C20H23N3OS2/c1-22(2)13-8-14-23(19(24)15-9-4-6-11-17(15)25-3)20-21-16-10-5-7-12-18(16)26-20/h4-7,9-12H,8,13-14H2,1-3H3/p+1. The van der Waals surface area contributed by atoms with Crippen molar-refractivity contribution in [2.75, 3.05) is 38.3 Å². The number of quaternary nitrogens is 1. The van der Waals surface area contributed by atoms with Gasteiger partial charge in [-0.3, -0.25) is 9.69 Å². The number of carbonyl (C=O) groups is 1. The predicted octanol–water partition coefficient (Wildman–Crippen LogP) is 3.20. The molecular weight excluding hydrogens is 362 g/mol. The minimum Gasteiger partial charge on any atom is -0.340 e. The second-order valence-corrected chi connectivity index (χ2v) is 8.29. The molecule has 3 aromatic rings. The average molecular weight is 387 g/mol. The van der Waals surface area contributed by atoms with Gasteiger partial charge in [-0.2, -0.15) is 0 Å². The SMILES string of the molecule is CSc1ccccc1C(=O)N(CCC[NH+](C)C)c1nc2ccccc2s1. The van der Waals surface area contributed by atoms with Crippen molar-refractivity contribution >= 4 is 44.4 Å². The molecule has 3 rings (SSSR count). The average Bonchev–Trinajstić information content (AvgIpc) is 3.08. The maximum absolute atomic E-state index is 13.4. The molecule has 136 valence electrons. The molecule has 0 radical (unpaired) electrons. The number of nitrogens with one attached hydrogen (secondary N) is 1. The molecule has 0 bridgehead atoms. The summed E-state index contributed by atoms with van der Waals surface area (Å²) in [5, 5.41) is 0.779. The monoisotopic (exact) mass is 386 g/mol. The van der Waals surface area contributed by atoms with E-state index in [0.29, 0.717) is 6.54 Å². The Morgan fingerprint density at radius 3 is 2.62 bits per heavy atom. The van der Waals surface area contributed by atoms with Crippen LogP contribution < -0.4 is 9.80 Å². The van der Waals surface area contributed by atoms with Crippen LogP contribution in [-0.4, -0.2) is 44.3 Å². The quantitative estimate of drug-likeness (QED) is 0.634. The Labute approximate surface area is 162 Å². The lowest BCUT2D eigenvalue weighted by Crippen LogP contribution is -3.05. The highest BCUT2D eigenvalue weighted by Crippen LogP contribution is 2.31. The summed E-state index contributed by atoms with van der Waals surface area (Å²) in [6.45, 7) is 1.69. The fraction of sp³-hybridized carbons (Fsp3) is 0.300. The van der Waals surface area contributed by atoms with Crippen molar-refractivity contribution in [3.8, 4) is 0 Å². The van der Waals surface area contributed by atoms with E-state index in [9.17, 15) is 4.79 Å². The summed E-state index contributed by atoms with van der Waals surface area (Å²) in [7, 11) is 4.26. The zero-order chi connectivity index (χ0) is 18.5. The molecule has 1 N–H and O–H groups in total. The van der Waals surface area contributed by atoms with E-state index < -0.39 is 0 Å². The fourth-order valence-electron chi connectivity index (χ4n) is 2.82. The van der Waals surface area contributed by atoms with Crippen molar-refractivity contribution < 1.29 is 9.69 Å². The summed E-state index contributed by atoms with van der Waals surface area (Å²) in [6, 6.07) is 15.8. The molecule has 1 amide bonds. The smallest absolute Gasteiger partial charge is 0.261 e. The van der Waals surface area contributed by atoms with Gasteiger partial charge in [-0.25, -0.2) is 4.98 Å². The first-order valence-electron chi connectivity index (χ1n) is 8.69. The van der Waals surface area contributed by atoms with E-state index in [1.807, 2.05) is 53.6 Å². The largest absolute Gasteiger partial charge is 0.340 e. The molecule has 0 aliphatic rings. The normalized spacial score (nSPS) is 11.2. The molecule has 1 aromatic heterocycles. The minimum absolute atomic E-state index is 0.0303. The van der Waals surface area contributed by atoms with Gasteiger partial charge in [0.05, 0.1) is 36.4 Å². The summed E-state index contributed by atoms with van der Waals surface area (Å²) < 4.78 is 1.11. The molecular formula is C20H24N3OS2+. The lowest BCUT2D eigenvalue weighted by molar-refractivity contribution is -0.858. The van der Waals surface area contributed by atoms with E-state index >= 15 is 0 Å². The van der Waals surface area contributed by atoms with Crippen molar-refractivity contribution in [2.45, 2.75) is 11.3 Å². The molecule has 0 saturated carbocycles. The molecule has 2 aromatic carbocycles. The van der Waals surface area contributed by atoms with E-state index in [4.69, 9.17) is 4.98 Å². The van der Waals surface area contributed by atoms with Crippen LogP contribution in [0.3, 0.4) is 0 Å². The zero-order valence-electron chi connectivity index (χ0n) is 15.4. The van der Waals surface area contributed by atoms with Crippen LogP contribution in [0.25, 0.3) is 10.2 Å². The summed E-state index contributed by atoms with van der Waals surface area (Å²) in [5.74, 6) is 0.0303. The molecule has 0 aliphatic heterocycles.